The molecule has 0 aliphatic rings. The van der Waals surface area contributed by atoms with Crippen molar-refractivity contribution in [2.45, 2.75) is 19.4 Å². The third-order valence-electron chi connectivity index (χ3n) is 2.27. The highest BCUT2D eigenvalue weighted by molar-refractivity contribution is 5.73. The first-order valence-electron chi connectivity index (χ1n) is 5.22. The van der Waals surface area contributed by atoms with Gasteiger partial charge in [0.05, 0.1) is 6.61 Å². The molecular formula is C12H16O4. The number of carbonyl (C=O) groups is 1. The lowest BCUT2D eigenvalue weighted by atomic mass is 10.1. The summed E-state index contributed by atoms with van der Waals surface area (Å²) in [7, 11) is 0. The van der Waals surface area contributed by atoms with Crippen molar-refractivity contribution in [2.75, 3.05) is 13.2 Å². The SMILES string of the molecule is CCOCCc1ccc([C@@H](O)C(=O)O)cc1. The molecule has 0 fully saturated rings. The van der Waals surface area contributed by atoms with Crippen molar-refractivity contribution >= 4 is 5.97 Å². The van der Waals surface area contributed by atoms with Gasteiger partial charge in [-0.2, -0.15) is 0 Å². The molecule has 2 N–H and O–H groups in total. The number of ether oxygens (including phenoxy) is 1. The number of hydrogen-bond acceptors (Lipinski definition) is 3. The predicted molar refractivity (Wildman–Crippen MR) is 59.2 cm³/mol. The summed E-state index contributed by atoms with van der Waals surface area (Å²) in [6, 6.07) is 6.86. The second-order valence-corrected chi connectivity index (χ2v) is 3.43. The van der Waals surface area contributed by atoms with E-state index in [0.29, 0.717) is 18.8 Å². The molecule has 0 aromatic heterocycles. The Morgan fingerprint density at radius 3 is 2.50 bits per heavy atom. The number of aliphatic hydroxyl groups excluding tert-OH is 1. The predicted octanol–water partition coefficient (Wildman–Crippen LogP) is 1.38. The van der Waals surface area contributed by atoms with Gasteiger partial charge in [0, 0.05) is 6.61 Å². The van der Waals surface area contributed by atoms with E-state index < -0.39 is 12.1 Å². The monoisotopic (exact) mass is 224 g/mol. The van der Waals surface area contributed by atoms with Gasteiger partial charge in [-0.25, -0.2) is 4.79 Å². The number of rotatable bonds is 6. The van der Waals surface area contributed by atoms with Gasteiger partial charge in [-0.15, -0.1) is 0 Å². The van der Waals surface area contributed by atoms with Crippen LogP contribution < -0.4 is 0 Å². The number of aliphatic hydroxyl groups is 1. The van der Waals surface area contributed by atoms with E-state index in [1.54, 1.807) is 24.3 Å². The molecule has 0 aliphatic heterocycles. The Bertz CT molecular complexity index is 331. The van der Waals surface area contributed by atoms with Crippen LogP contribution in [0.1, 0.15) is 24.2 Å². The maximum atomic E-state index is 10.5. The molecule has 1 rings (SSSR count). The zero-order valence-electron chi connectivity index (χ0n) is 9.22. The van der Waals surface area contributed by atoms with E-state index in [2.05, 4.69) is 0 Å². The van der Waals surface area contributed by atoms with Gasteiger partial charge < -0.3 is 14.9 Å². The van der Waals surface area contributed by atoms with Crippen LogP contribution in [0.15, 0.2) is 24.3 Å². The first-order chi connectivity index (χ1) is 7.65. The lowest BCUT2D eigenvalue weighted by molar-refractivity contribution is -0.146. The van der Waals surface area contributed by atoms with Crippen molar-refractivity contribution in [3.05, 3.63) is 35.4 Å². The molecule has 88 valence electrons. The molecule has 0 aliphatic carbocycles. The largest absolute Gasteiger partial charge is 0.479 e. The van der Waals surface area contributed by atoms with Crippen LogP contribution in [0, 0.1) is 0 Å². The van der Waals surface area contributed by atoms with Crippen LogP contribution in [0.25, 0.3) is 0 Å². The van der Waals surface area contributed by atoms with Gasteiger partial charge in [0.15, 0.2) is 6.10 Å². The molecule has 0 saturated carbocycles. The smallest absolute Gasteiger partial charge is 0.337 e. The number of aliphatic carboxylic acids is 1. The fourth-order valence-corrected chi connectivity index (χ4v) is 1.34. The van der Waals surface area contributed by atoms with Crippen molar-refractivity contribution in [1.29, 1.82) is 0 Å². The zero-order valence-corrected chi connectivity index (χ0v) is 9.22. The maximum absolute atomic E-state index is 10.5. The van der Waals surface area contributed by atoms with Gasteiger partial charge in [0.1, 0.15) is 0 Å². The number of benzene rings is 1. The van der Waals surface area contributed by atoms with Crippen LogP contribution in [0.5, 0.6) is 0 Å². The number of carboxylic acids is 1. The Morgan fingerprint density at radius 1 is 1.38 bits per heavy atom. The Kier molecular flexibility index (Phi) is 4.95. The van der Waals surface area contributed by atoms with E-state index in [9.17, 15) is 9.90 Å². The molecular weight excluding hydrogens is 208 g/mol. The standard InChI is InChI=1S/C12H16O4/c1-2-16-8-7-9-3-5-10(6-4-9)11(13)12(14)15/h3-6,11,13H,2,7-8H2,1H3,(H,14,15)/t11-/m1/s1. The average molecular weight is 224 g/mol. The fraction of sp³-hybridized carbons (Fsp3) is 0.417. The van der Waals surface area contributed by atoms with Crippen molar-refractivity contribution in [3.8, 4) is 0 Å². The van der Waals surface area contributed by atoms with Crippen molar-refractivity contribution in [2.24, 2.45) is 0 Å². The van der Waals surface area contributed by atoms with Gasteiger partial charge in [-0.3, -0.25) is 0 Å². The summed E-state index contributed by atoms with van der Waals surface area (Å²) >= 11 is 0. The maximum Gasteiger partial charge on any atom is 0.337 e. The van der Waals surface area contributed by atoms with Gasteiger partial charge in [-0.05, 0) is 24.5 Å². The number of hydrogen-bond donors (Lipinski definition) is 2. The Labute approximate surface area is 94.5 Å². The fourth-order valence-electron chi connectivity index (χ4n) is 1.34. The first kappa shape index (κ1) is 12.7. The van der Waals surface area contributed by atoms with E-state index in [1.807, 2.05) is 6.92 Å². The normalized spacial score (nSPS) is 12.4. The molecule has 0 saturated heterocycles. The lowest BCUT2D eigenvalue weighted by Crippen LogP contribution is -2.10. The molecule has 0 spiro atoms. The van der Waals surface area contributed by atoms with Crippen LogP contribution in [0.2, 0.25) is 0 Å². The highest BCUT2D eigenvalue weighted by Crippen LogP contribution is 2.14. The molecule has 4 nitrogen and oxygen atoms in total. The molecule has 1 aromatic carbocycles. The summed E-state index contributed by atoms with van der Waals surface area (Å²) in [4.78, 5) is 10.5. The van der Waals surface area contributed by atoms with Crippen molar-refractivity contribution in [3.63, 3.8) is 0 Å². The Morgan fingerprint density at radius 2 is 2.00 bits per heavy atom. The molecule has 0 amide bonds. The van der Waals surface area contributed by atoms with Crippen LogP contribution in [-0.2, 0) is 16.0 Å². The van der Waals surface area contributed by atoms with Gasteiger partial charge >= 0.3 is 5.97 Å². The minimum Gasteiger partial charge on any atom is -0.479 e. The average Bonchev–Trinajstić information content (AvgIpc) is 2.29. The second-order valence-electron chi connectivity index (χ2n) is 3.43. The summed E-state index contributed by atoms with van der Waals surface area (Å²) < 4.78 is 5.21. The van der Waals surface area contributed by atoms with Crippen molar-refractivity contribution in [1.82, 2.24) is 0 Å². The van der Waals surface area contributed by atoms with E-state index in [-0.39, 0.29) is 0 Å². The van der Waals surface area contributed by atoms with Gasteiger partial charge in [0.25, 0.3) is 0 Å². The van der Waals surface area contributed by atoms with Crippen LogP contribution in [0.3, 0.4) is 0 Å². The molecule has 1 aromatic rings. The second kappa shape index (κ2) is 6.25. The zero-order chi connectivity index (χ0) is 12.0. The first-order valence-corrected chi connectivity index (χ1v) is 5.22. The summed E-state index contributed by atoms with van der Waals surface area (Å²) in [5, 5.41) is 17.9. The third kappa shape index (κ3) is 3.64. The van der Waals surface area contributed by atoms with Crippen LogP contribution in [-0.4, -0.2) is 29.4 Å². The molecule has 16 heavy (non-hydrogen) atoms. The highest BCUT2D eigenvalue weighted by Gasteiger charge is 2.14. The summed E-state index contributed by atoms with van der Waals surface area (Å²) in [5.41, 5.74) is 1.46. The third-order valence-corrected chi connectivity index (χ3v) is 2.27. The van der Waals surface area contributed by atoms with Crippen LogP contribution in [0.4, 0.5) is 0 Å². The molecule has 0 heterocycles. The van der Waals surface area contributed by atoms with E-state index >= 15 is 0 Å². The summed E-state index contributed by atoms with van der Waals surface area (Å²) in [6.07, 6.45) is -0.655. The minimum atomic E-state index is -1.44. The van der Waals surface area contributed by atoms with E-state index in [1.165, 1.54) is 0 Å². The van der Waals surface area contributed by atoms with E-state index in [0.717, 1.165) is 12.0 Å². The Hall–Kier alpha value is -1.39. The summed E-state index contributed by atoms with van der Waals surface area (Å²) in [5.74, 6) is -1.23. The van der Waals surface area contributed by atoms with Gasteiger partial charge in [0.2, 0.25) is 0 Å². The minimum absolute atomic E-state index is 0.396. The molecule has 0 unspecified atom stereocenters. The van der Waals surface area contributed by atoms with E-state index in [4.69, 9.17) is 9.84 Å². The lowest BCUT2D eigenvalue weighted by Gasteiger charge is -2.07. The van der Waals surface area contributed by atoms with Gasteiger partial charge in [-0.1, -0.05) is 24.3 Å². The number of carboxylic acid groups (broad SMARTS) is 1. The van der Waals surface area contributed by atoms with Crippen molar-refractivity contribution < 1.29 is 19.7 Å². The molecule has 0 bridgehead atoms. The van der Waals surface area contributed by atoms with Crippen LogP contribution >= 0.6 is 0 Å². The summed E-state index contributed by atoms with van der Waals surface area (Å²) in [6.45, 7) is 3.28. The molecule has 4 heteroatoms. The quantitative estimate of drug-likeness (QED) is 0.716. The molecule has 1 atom stereocenters. The molecule has 0 radical (unpaired) electrons. The Balaban J connectivity index is 2.57. The highest BCUT2D eigenvalue weighted by atomic mass is 16.5. The topological polar surface area (TPSA) is 66.8 Å².